The molecule has 190 valence electrons. The van der Waals surface area contributed by atoms with Crippen molar-refractivity contribution in [3.05, 3.63) is 82.8 Å². The fourth-order valence-electron chi connectivity index (χ4n) is 2.78. The number of hydrogen-bond acceptors (Lipinski definition) is 6. The zero-order chi connectivity index (χ0) is 26.9. The molecule has 0 spiro atoms. The zero-order valence-electron chi connectivity index (χ0n) is 18.2. The van der Waals surface area contributed by atoms with Crippen molar-refractivity contribution < 1.29 is 41.0 Å². The number of rotatable bonds is 6. The van der Waals surface area contributed by atoms with Crippen LogP contribution in [0.3, 0.4) is 0 Å². The number of halogens is 4. The van der Waals surface area contributed by atoms with Crippen LogP contribution in [0.15, 0.2) is 76.8 Å². The molecule has 0 radical (unpaired) electrons. The van der Waals surface area contributed by atoms with Crippen molar-refractivity contribution in [3.63, 3.8) is 0 Å². The van der Waals surface area contributed by atoms with E-state index in [0.29, 0.717) is 4.73 Å². The first-order chi connectivity index (χ1) is 16.6. The highest BCUT2D eigenvalue weighted by atomic mass is 35.5. The summed E-state index contributed by atoms with van der Waals surface area (Å²) in [4.78, 5) is 23.6. The van der Waals surface area contributed by atoms with E-state index in [1.807, 2.05) is 5.32 Å². The molecule has 36 heavy (non-hydrogen) atoms. The molecule has 0 saturated heterocycles. The molecule has 1 atom stereocenters. The number of hydrogen-bond donors (Lipinski definition) is 3. The highest BCUT2D eigenvalue weighted by Gasteiger charge is 2.55. The fraction of sp³-hybridized carbons (Fsp3) is 0.136. The van der Waals surface area contributed by atoms with E-state index >= 15 is 0 Å². The van der Waals surface area contributed by atoms with Crippen LogP contribution >= 0.6 is 11.6 Å². The lowest BCUT2D eigenvalue weighted by molar-refractivity contribution is -0.605. The maximum absolute atomic E-state index is 12.9. The summed E-state index contributed by atoms with van der Waals surface area (Å²) < 4.78 is 64.8. The summed E-state index contributed by atoms with van der Waals surface area (Å²) in [6.07, 6.45) is -2.99. The minimum atomic E-state index is -5.25. The van der Waals surface area contributed by atoms with Gasteiger partial charge in [0.05, 0.1) is 20.5 Å². The molecule has 0 saturated carbocycles. The maximum atomic E-state index is 12.9. The number of benzene rings is 2. The zero-order valence-corrected chi connectivity index (χ0v) is 19.8. The number of anilines is 2. The van der Waals surface area contributed by atoms with Crippen molar-refractivity contribution in [1.82, 2.24) is 0 Å². The van der Waals surface area contributed by atoms with E-state index in [-0.39, 0.29) is 38.7 Å². The molecular weight excluding hydrogens is 527 g/mol. The number of nitrogens with zero attached hydrogens (tertiary/aromatic N) is 1. The normalized spacial score (nSPS) is 13.5. The molecule has 0 unspecified atom stereocenters. The second-order valence-electron chi connectivity index (χ2n) is 7.60. The highest BCUT2D eigenvalue weighted by molar-refractivity contribution is 7.91. The lowest BCUT2D eigenvalue weighted by atomic mass is 10.1. The Morgan fingerprint density at radius 3 is 2.19 bits per heavy atom. The van der Waals surface area contributed by atoms with Crippen LogP contribution in [0.1, 0.15) is 17.3 Å². The average molecular weight is 544 g/mol. The SMILES string of the molecule is C[C@@](O)(C(=O)Nc1ccc(S(=O)(=O)c2ccc(NC(=O)c3ccc[n+]([O-])c3)cc2)cc1Cl)C(F)(F)F. The van der Waals surface area contributed by atoms with Gasteiger partial charge in [0, 0.05) is 11.8 Å². The minimum absolute atomic E-state index is 0.0859. The summed E-state index contributed by atoms with van der Waals surface area (Å²) in [5.41, 5.74) is -3.71. The molecule has 9 nitrogen and oxygen atoms in total. The number of nitrogens with one attached hydrogen (secondary N) is 2. The molecule has 0 aliphatic carbocycles. The van der Waals surface area contributed by atoms with E-state index in [2.05, 4.69) is 5.32 Å². The van der Waals surface area contributed by atoms with Crippen molar-refractivity contribution >= 4 is 44.6 Å². The second kappa shape index (κ2) is 9.76. The number of aromatic nitrogens is 1. The van der Waals surface area contributed by atoms with Crippen LogP contribution in [0.2, 0.25) is 5.02 Å². The van der Waals surface area contributed by atoms with Crippen LogP contribution < -0.4 is 15.4 Å². The Morgan fingerprint density at radius 1 is 1.03 bits per heavy atom. The van der Waals surface area contributed by atoms with Gasteiger partial charge in [0.1, 0.15) is 5.56 Å². The van der Waals surface area contributed by atoms with Crippen molar-refractivity contribution in [2.75, 3.05) is 10.6 Å². The molecule has 0 fully saturated rings. The Morgan fingerprint density at radius 2 is 1.64 bits per heavy atom. The number of amides is 2. The first-order valence-electron chi connectivity index (χ1n) is 9.88. The smallest absolute Gasteiger partial charge is 0.426 e. The molecule has 0 aliphatic heterocycles. The van der Waals surface area contributed by atoms with E-state index in [1.54, 1.807) is 0 Å². The maximum Gasteiger partial charge on any atom is 0.426 e. The summed E-state index contributed by atoms with van der Waals surface area (Å²) >= 11 is 5.97. The third kappa shape index (κ3) is 5.58. The van der Waals surface area contributed by atoms with Crippen LogP contribution in [0.25, 0.3) is 0 Å². The topological polar surface area (TPSA) is 140 Å². The number of sulfone groups is 1. The highest BCUT2D eigenvalue weighted by Crippen LogP contribution is 2.33. The molecule has 2 aromatic carbocycles. The number of alkyl halides is 3. The Hall–Kier alpha value is -3.68. The summed E-state index contributed by atoms with van der Waals surface area (Å²) in [6, 6.07) is 10.8. The van der Waals surface area contributed by atoms with E-state index in [9.17, 15) is 41.5 Å². The molecule has 1 heterocycles. The molecule has 1 aromatic heterocycles. The summed E-state index contributed by atoms with van der Waals surface area (Å²) in [5, 5.41) is 24.7. The molecule has 0 aliphatic rings. The predicted molar refractivity (Wildman–Crippen MR) is 122 cm³/mol. The number of aliphatic hydroxyl groups is 1. The van der Waals surface area contributed by atoms with Gasteiger partial charge in [-0.1, -0.05) is 11.6 Å². The van der Waals surface area contributed by atoms with Crippen molar-refractivity contribution in [3.8, 4) is 0 Å². The van der Waals surface area contributed by atoms with Crippen LogP contribution in [0, 0.1) is 5.21 Å². The lowest BCUT2D eigenvalue weighted by Gasteiger charge is -2.25. The quantitative estimate of drug-likeness (QED) is 0.322. The molecule has 2 amide bonds. The van der Waals surface area contributed by atoms with Gasteiger partial charge in [-0.05, 0) is 55.5 Å². The van der Waals surface area contributed by atoms with E-state index in [4.69, 9.17) is 11.6 Å². The average Bonchev–Trinajstić information content (AvgIpc) is 2.79. The Kier molecular flexibility index (Phi) is 7.30. The van der Waals surface area contributed by atoms with E-state index in [0.717, 1.165) is 24.4 Å². The van der Waals surface area contributed by atoms with Gasteiger partial charge in [-0.3, -0.25) is 9.59 Å². The summed E-state index contributed by atoms with van der Waals surface area (Å²) in [5.74, 6) is -2.39. The minimum Gasteiger partial charge on any atom is -0.619 e. The third-order valence-corrected chi connectivity index (χ3v) is 7.03. The van der Waals surface area contributed by atoms with Crippen molar-refractivity contribution in [1.29, 1.82) is 0 Å². The van der Waals surface area contributed by atoms with Gasteiger partial charge >= 0.3 is 6.18 Å². The van der Waals surface area contributed by atoms with Crippen LogP contribution in [-0.4, -0.2) is 37.1 Å². The van der Waals surface area contributed by atoms with Crippen LogP contribution in [0.5, 0.6) is 0 Å². The van der Waals surface area contributed by atoms with Gasteiger partial charge in [0.25, 0.3) is 11.8 Å². The first kappa shape index (κ1) is 26.9. The third-order valence-electron chi connectivity index (χ3n) is 4.95. The molecule has 14 heteroatoms. The standard InChI is InChI=1S/C22H17ClF3N3O6S/c1-21(32,22(24,25)26)20(31)28-18-9-8-16(11-17(18)23)36(34,35)15-6-4-14(5-7-15)27-19(30)13-3-2-10-29(33)12-13/h2-12,32H,1H3,(H,27,30)(H,28,31)/t21-/m1/s1. The molecule has 3 aromatic rings. The van der Waals surface area contributed by atoms with Crippen molar-refractivity contribution in [2.45, 2.75) is 28.5 Å². The second-order valence-corrected chi connectivity index (χ2v) is 9.96. The van der Waals surface area contributed by atoms with E-state index < -0.39 is 33.4 Å². The monoisotopic (exact) mass is 543 g/mol. The van der Waals surface area contributed by atoms with Crippen molar-refractivity contribution in [2.24, 2.45) is 0 Å². The van der Waals surface area contributed by atoms with Gasteiger partial charge in [-0.15, -0.1) is 0 Å². The fourth-order valence-corrected chi connectivity index (χ4v) is 4.36. The summed E-state index contributed by atoms with van der Waals surface area (Å²) in [7, 11) is -4.15. The predicted octanol–water partition coefficient (Wildman–Crippen LogP) is 3.31. The Labute approximate surface area is 207 Å². The van der Waals surface area contributed by atoms with Gasteiger partial charge in [-0.25, -0.2) is 8.42 Å². The van der Waals surface area contributed by atoms with Gasteiger partial charge in [0.2, 0.25) is 15.4 Å². The molecule has 3 rings (SSSR count). The summed E-state index contributed by atoms with van der Waals surface area (Å²) in [6.45, 7) is 0.265. The molecule has 0 bridgehead atoms. The molecule has 3 N–H and O–H groups in total. The first-order valence-corrected chi connectivity index (χ1v) is 11.7. The van der Waals surface area contributed by atoms with Gasteiger partial charge < -0.3 is 20.9 Å². The number of carbonyl (C=O) groups is 2. The van der Waals surface area contributed by atoms with Crippen LogP contribution in [-0.2, 0) is 14.6 Å². The Bertz CT molecular complexity index is 1430. The number of pyridine rings is 1. The lowest BCUT2D eigenvalue weighted by Crippen LogP contribution is -2.52. The van der Waals surface area contributed by atoms with E-state index in [1.165, 1.54) is 42.6 Å². The van der Waals surface area contributed by atoms with Crippen LogP contribution in [0.4, 0.5) is 24.5 Å². The van der Waals surface area contributed by atoms with Gasteiger partial charge in [0.15, 0.2) is 12.4 Å². The van der Waals surface area contributed by atoms with Gasteiger partial charge in [-0.2, -0.15) is 17.9 Å². The Balaban J connectivity index is 1.78. The largest absolute Gasteiger partial charge is 0.619 e. The number of carbonyl (C=O) groups excluding carboxylic acids is 2. The molecular formula is C22H17ClF3N3O6S.